The van der Waals surface area contributed by atoms with E-state index in [-0.39, 0.29) is 5.92 Å². The van der Waals surface area contributed by atoms with Crippen molar-refractivity contribution < 1.29 is 4.79 Å². The number of hydrogen-bond acceptors (Lipinski definition) is 2. The highest BCUT2D eigenvalue weighted by Crippen LogP contribution is 2.32. The van der Waals surface area contributed by atoms with Gasteiger partial charge in [-0.3, -0.25) is 4.79 Å². The van der Waals surface area contributed by atoms with Gasteiger partial charge in [0, 0.05) is 32.1 Å². The number of carbonyl (C=O) groups is 1. The average molecular weight is 210 g/mol. The summed E-state index contributed by atoms with van der Waals surface area (Å²) in [4.78, 5) is 14.2. The molecule has 1 amide bonds. The van der Waals surface area contributed by atoms with Crippen LogP contribution in [0, 0.1) is 11.8 Å². The molecule has 2 rings (SSSR count). The summed E-state index contributed by atoms with van der Waals surface area (Å²) in [7, 11) is 0. The molecule has 1 heterocycles. The van der Waals surface area contributed by atoms with Crippen molar-refractivity contribution in [3.8, 4) is 0 Å². The maximum Gasteiger partial charge on any atom is 0.225 e. The fourth-order valence-corrected chi connectivity index (χ4v) is 2.83. The molecule has 0 aromatic carbocycles. The fraction of sp³-hybridized carbons (Fsp3) is 0.917. The Morgan fingerprint density at radius 2 is 1.87 bits per heavy atom. The van der Waals surface area contributed by atoms with E-state index in [1.54, 1.807) is 0 Å². The molecule has 15 heavy (non-hydrogen) atoms. The number of nitrogens with zero attached hydrogens (tertiary/aromatic N) is 1. The van der Waals surface area contributed by atoms with Crippen LogP contribution in [0.25, 0.3) is 0 Å². The third-order valence-electron chi connectivity index (χ3n) is 3.93. The third kappa shape index (κ3) is 2.51. The number of nitrogens with one attached hydrogen (secondary N) is 1. The van der Waals surface area contributed by atoms with E-state index in [0.717, 1.165) is 26.2 Å². The highest BCUT2D eigenvalue weighted by molar-refractivity contribution is 5.79. The molecule has 0 spiro atoms. The predicted octanol–water partition coefficient (Wildman–Crippen LogP) is 1.24. The van der Waals surface area contributed by atoms with Crippen LogP contribution in [0.1, 0.15) is 32.6 Å². The molecule has 0 bridgehead atoms. The zero-order valence-electron chi connectivity index (χ0n) is 9.67. The number of carbonyl (C=O) groups excluding carboxylic acids is 1. The number of hydrogen-bond donors (Lipinski definition) is 1. The SMILES string of the molecule is CC(C(=O)N1CCNCC1)C1CCCC1. The maximum atomic E-state index is 12.2. The van der Waals surface area contributed by atoms with Crippen LogP contribution in [-0.4, -0.2) is 37.0 Å². The van der Waals surface area contributed by atoms with E-state index < -0.39 is 0 Å². The highest BCUT2D eigenvalue weighted by atomic mass is 16.2. The molecule has 3 heteroatoms. The van der Waals surface area contributed by atoms with Crippen LogP contribution in [0.15, 0.2) is 0 Å². The third-order valence-corrected chi connectivity index (χ3v) is 3.93. The normalized spacial score (nSPS) is 25.5. The van der Waals surface area contributed by atoms with Crippen LogP contribution in [-0.2, 0) is 4.79 Å². The van der Waals surface area contributed by atoms with Gasteiger partial charge >= 0.3 is 0 Å². The molecule has 1 saturated heterocycles. The summed E-state index contributed by atoms with van der Waals surface area (Å²) in [5, 5.41) is 3.28. The molecular formula is C12H22N2O. The molecule has 1 N–H and O–H groups in total. The topological polar surface area (TPSA) is 32.3 Å². The first kappa shape index (κ1) is 10.9. The van der Waals surface area contributed by atoms with Gasteiger partial charge in [0.1, 0.15) is 0 Å². The van der Waals surface area contributed by atoms with Crippen molar-refractivity contribution in [3.05, 3.63) is 0 Å². The Balaban J connectivity index is 1.87. The van der Waals surface area contributed by atoms with Crippen molar-refractivity contribution in [2.24, 2.45) is 11.8 Å². The number of rotatable bonds is 2. The Bertz CT molecular complexity index is 218. The minimum atomic E-state index is 0.255. The molecule has 2 aliphatic rings. The molecule has 0 radical (unpaired) electrons. The molecule has 3 nitrogen and oxygen atoms in total. The summed E-state index contributed by atoms with van der Waals surface area (Å²) in [6, 6.07) is 0. The molecule has 0 aromatic rings. The molecule has 86 valence electrons. The van der Waals surface area contributed by atoms with Gasteiger partial charge in [-0.15, -0.1) is 0 Å². The lowest BCUT2D eigenvalue weighted by molar-refractivity contribution is -0.137. The molecule has 1 atom stereocenters. The first-order valence-electron chi connectivity index (χ1n) is 6.28. The molecule has 1 aliphatic heterocycles. The van der Waals surface area contributed by atoms with Crippen LogP contribution in [0.2, 0.25) is 0 Å². The van der Waals surface area contributed by atoms with Gasteiger partial charge in [-0.25, -0.2) is 0 Å². The van der Waals surface area contributed by atoms with Gasteiger partial charge in [-0.1, -0.05) is 19.8 Å². The van der Waals surface area contributed by atoms with E-state index in [1.807, 2.05) is 4.90 Å². The van der Waals surface area contributed by atoms with E-state index >= 15 is 0 Å². The first-order chi connectivity index (χ1) is 7.29. The molecular weight excluding hydrogens is 188 g/mol. The van der Waals surface area contributed by atoms with Gasteiger partial charge < -0.3 is 10.2 Å². The van der Waals surface area contributed by atoms with Crippen molar-refractivity contribution in [2.45, 2.75) is 32.6 Å². The highest BCUT2D eigenvalue weighted by Gasteiger charge is 2.30. The Morgan fingerprint density at radius 1 is 1.27 bits per heavy atom. The van der Waals surface area contributed by atoms with E-state index in [9.17, 15) is 4.79 Å². The second-order valence-corrected chi connectivity index (χ2v) is 4.91. The van der Waals surface area contributed by atoms with Crippen molar-refractivity contribution >= 4 is 5.91 Å². The van der Waals surface area contributed by atoms with Crippen LogP contribution < -0.4 is 5.32 Å². The Kier molecular flexibility index (Phi) is 3.62. The van der Waals surface area contributed by atoms with Crippen molar-refractivity contribution in [3.63, 3.8) is 0 Å². The van der Waals surface area contributed by atoms with Gasteiger partial charge in [-0.05, 0) is 18.8 Å². The van der Waals surface area contributed by atoms with Crippen molar-refractivity contribution in [1.29, 1.82) is 0 Å². The van der Waals surface area contributed by atoms with E-state index in [2.05, 4.69) is 12.2 Å². The summed E-state index contributed by atoms with van der Waals surface area (Å²) in [5.74, 6) is 1.31. The van der Waals surface area contributed by atoms with Gasteiger partial charge in [0.2, 0.25) is 5.91 Å². The van der Waals surface area contributed by atoms with E-state index in [1.165, 1.54) is 25.7 Å². The summed E-state index contributed by atoms with van der Waals surface area (Å²) in [6.45, 7) is 5.85. The number of amides is 1. The van der Waals surface area contributed by atoms with Crippen molar-refractivity contribution in [1.82, 2.24) is 10.2 Å². The quantitative estimate of drug-likeness (QED) is 0.744. The smallest absolute Gasteiger partial charge is 0.225 e. The maximum absolute atomic E-state index is 12.2. The fourth-order valence-electron chi connectivity index (χ4n) is 2.83. The van der Waals surface area contributed by atoms with Crippen LogP contribution >= 0.6 is 0 Å². The Hall–Kier alpha value is -0.570. The average Bonchev–Trinajstić information content (AvgIpc) is 2.82. The van der Waals surface area contributed by atoms with Gasteiger partial charge in [0.15, 0.2) is 0 Å². The monoisotopic (exact) mass is 210 g/mol. The summed E-state index contributed by atoms with van der Waals surface area (Å²) >= 11 is 0. The Morgan fingerprint density at radius 3 is 2.47 bits per heavy atom. The second-order valence-electron chi connectivity index (χ2n) is 4.91. The Labute approximate surface area is 92.2 Å². The minimum Gasteiger partial charge on any atom is -0.340 e. The molecule has 1 unspecified atom stereocenters. The van der Waals surface area contributed by atoms with Crippen LogP contribution in [0.5, 0.6) is 0 Å². The molecule has 0 aromatic heterocycles. The summed E-state index contributed by atoms with van der Waals surface area (Å²) in [6.07, 6.45) is 5.17. The van der Waals surface area contributed by atoms with Crippen LogP contribution in [0.3, 0.4) is 0 Å². The zero-order valence-corrected chi connectivity index (χ0v) is 9.67. The van der Waals surface area contributed by atoms with E-state index in [0.29, 0.717) is 11.8 Å². The van der Waals surface area contributed by atoms with Gasteiger partial charge in [0.05, 0.1) is 0 Å². The first-order valence-corrected chi connectivity index (χ1v) is 6.28. The predicted molar refractivity (Wildman–Crippen MR) is 60.6 cm³/mol. The van der Waals surface area contributed by atoms with Gasteiger partial charge in [-0.2, -0.15) is 0 Å². The lowest BCUT2D eigenvalue weighted by Gasteiger charge is -2.31. The van der Waals surface area contributed by atoms with Crippen LogP contribution in [0.4, 0.5) is 0 Å². The lowest BCUT2D eigenvalue weighted by Crippen LogP contribution is -2.48. The summed E-state index contributed by atoms with van der Waals surface area (Å²) in [5.41, 5.74) is 0. The largest absolute Gasteiger partial charge is 0.340 e. The van der Waals surface area contributed by atoms with Gasteiger partial charge in [0.25, 0.3) is 0 Å². The minimum absolute atomic E-state index is 0.255. The van der Waals surface area contributed by atoms with Crippen molar-refractivity contribution in [2.75, 3.05) is 26.2 Å². The molecule has 1 aliphatic carbocycles. The molecule has 2 fully saturated rings. The lowest BCUT2D eigenvalue weighted by atomic mass is 9.91. The zero-order chi connectivity index (χ0) is 10.7. The standard InChI is InChI=1S/C12H22N2O/c1-10(11-4-2-3-5-11)12(15)14-8-6-13-7-9-14/h10-11,13H,2-9H2,1H3. The molecule has 1 saturated carbocycles. The second kappa shape index (κ2) is 4.97. The summed E-state index contributed by atoms with van der Waals surface area (Å²) < 4.78 is 0. The van der Waals surface area contributed by atoms with E-state index in [4.69, 9.17) is 0 Å². The number of piperazine rings is 1.